The zero-order chi connectivity index (χ0) is 22.1. The van der Waals surface area contributed by atoms with E-state index < -0.39 is 11.1 Å². The monoisotopic (exact) mass is 442 g/mol. The van der Waals surface area contributed by atoms with Crippen LogP contribution in [-0.2, 0) is 4.75 Å². The van der Waals surface area contributed by atoms with Crippen molar-refractivity contribution in [2.24, 2.45) is 0 Å². The van der Waals surface area contributed by atoms with Crippen molar-refractivity contribution in [3.05, 3.63) is 77.4 Å². The van der Waals surface area contributed by atoms with Crippen LogP contribution in [0.15, 0.2) is 60.7 Å². The van der Waals surface area contributed by atoms with Crippen LogP contribution < -0.4 is 14.5 Å². The molecule has 0 saturated heterocycles. The molecular weight excluding hydrogens is 421 g/mol. The third kappa shape index (κ3) is 3.14. The Morgan fingerprint density at radius 1 is 0.871 bits per heavy atom. The van der Waals surface area contributed by atoms with Gasteiger partial charge in [-0.05, 0) is 67.8 Å². The van der Waals surface area contributed by atoms with Gasteiger partial charge < -0.3 is 14.5 Å². The van der Waals surface area contributed by atoms with Crippen LogP contribution in [0, 0.1) is 13.8 Å². The van der Waals surface area contributed by atoms with Gasteiger partial charge in [-0.2, -0.15) is 12.6 Å². The maximum atomic E-state index is 12.9. The molecule has 7 heteroatoms. The van der Waals surface area contributed by atoms with Gasteiger partial charge in [0.25, 0.3) is 0 Å². The number of hydrogen-bond donors (Lipinski definition) is 1. The number of para-hydroxylation sites is 1. The van der Waals surface area contributed by atoms with Crippen LogP contribution in [0.25, 0.3) is 0 Å². The quantitative estimate of drug-likeness (QED) is 0.431. The molecule has 160 valence electrons. The molecule has 3 nitrogen and oxygen atoms in total. The van der Waals surface area contributed by atoms with Gasteiger partial charge in [0, 0.05) is 17.4 Å². The first-order valence-electron chi connectivity index (χ1n) is 9.95. The molecule has 3 aromatic rings. The van der Waals surface area contributed by atoms with Gasteiger partial charge in [0.1, 0.15) is 11.9 Å². The molecule has 0 fully saturated rings. The van der Waals surface area contributed by atoms with Crippen LogP contribution in [0.4, 0.5) is 35.9 Å². The molecule has 5 rings (SSSR count). The van der Waals surface area contributed by atoms with Crippen LogP contribution in [0.2, 0.25) is 0 Å². The summed E-state index contributed by atoms with van der Waals surface area (Å²) in [6, 6.07) is 18.7. The molecule has 0 spiro atoms. The SMILES string of the molecule is Cc1cc(C)cc(N2c3cc(OC(F)(F)F)ccc3N3c4ccccc4C(C)(S)C23)c1. The fourth-order valence-electron chi connectivity index (χ4n) is 4.86. The third-order valence-corrected chi connectivity index (χ3v) is 6.36. The van der Waals surface area contributed by atoms with Crippen LogP contribution in [-0.4, -0.2) is 12.5 Å². The molecule has 0 aromatic heterocycles. The number of halogens is 3. The Kier molecular flexibility index (Phi) is 4.28. The average molecular weight is 443 g/mol. The van der Waals surface area contributed by atoms with Crippen molar-refractivity contribution in [3.63, 3.8) is 0 Å². The number of hydrogen-bond acceptors (Lipinski definition) is 4. The predicted octanol–water partition coefficient (Wildman–Crippen LogP) is 6.98. The summed E-state index contributed by atoms with van der Waals surface area (Å²) in [5.41, 5.74) is 6.63. The summed E-state index contributed by atoms with van der Waals surface area (Å²) in [5, 5.41) is 0. The molecule has 0 saturated carbocycles. The number of thiol groups is 1. The highest BCUT2D eigenvalue weighted by molar-refractivity contribution is 7.81. The summed E-state index contributed by atoms with van der Waals surface area (Å²) in [4.78, 5) is 4.23. The second kappa shape index (κ2) is 6.60. The van der Waals surface area contributed by atoms with Crippen molar-refractivity contribution in [2.75, 3.05) is 9.80 Å². The van der Waals surface area contributed by atoms with Crippen LogP contribution >= 0.6 is 12.6 Å². The minimum Gasteiger partial charge on any atom is -0.406 e. The van der Waals surface area contributed by atoms with Crippen molar-refractivity contribution in [2.45, 2.75) is 38.0 Å². The lowest BCUT2D eigenvalue weighted by molar-refractivity contribution is -0.274. The molecular formula is C24H21F3N2OS. The molecule has 0 radical (unpaired) electrons. The lowest BCUT2D eigenvalue weighted by Gasteiger charge is -2.36. The average Bonchev–Trinajstić information content (AvgIpc) is 3.11. The number of anilines is 4. The number of aryl methyl sites for hydroxylation is 2. The second-order valence-corrected chi connectivity index (χ2v) is 9.25. The van der Waals surface area contributed by atoms with Gasteiger partial charge >= 0.3 is 6.36 Å². The maximum Gasteiger partial charge on any atom is 0.573 e. The van der Waals surface area contributed by atoms with E-state index in [-0.39, 0.29) is 11.9 Å². The van der Waals surface area contributed by atoms with Crippen molar-refractivity contribution in [1.82, 2.24) is 0 Å². The molecule has 0 aliphatic carbocycles. The van der Waals surface area contributed by atoms with E-state index in [1.54, 1.807) is 6.07 Å². The molecule has 2 aliphatic rings. The highest BCUT2D eigenvalue weighted by Crippen LogP contribution is 2.60. The largest absolute Gasteiger partial charge is 0.573 e. The van der Waals surface area contributed by atoms with Gasteiger partial charge in [0.15, 0.2) is 0 Å². The van der Waals surface area contributed by atoms with Gasteiger partial charge in [-0.25, -0.2) is 0 Å². The molecule has 2 atom stereocenters. The van der Waals surface area contributed by atoms with E-state index in [1.807, 2.05) is 51.1 Å². The Labute approximate surface area is 184 Å². The van der Waals surface area contributed by atoms with Crippen LogP contribution in [0.3, 0.4) is 0 Å². The Balaban J connectivity index is 1.75. The van der Waals surface area contributed by atoms with Crippen molar-refractivity contribution >= 4 is 35.4 Å². The van der Waals surface area contributed by atoms with Crippen molar-refractivity contribution in [1.29, 1.82) is 0 Å². The molecule has 2 aliphatic heterocycles. The molecule has 0 bridgehead atoms. The summed E-state index contributed by atoms with van der Waals surface area (Å²) in [5.74, 6) is -0.240. The third-order valence-electron chi connectivity index (χ3n) is 5.88. The van der Waals surface area contributed by atoms with Gasteiger partial charge in [-0.1, -0.05) is 24.3 Å². The maximum absolute atomic E-state index is 12.9. The highest BCUT2D eigenvalue weighted by atomic mass is 32.1. The van der Waals surface area contributed by atoms with E-state index in [9.17, 15) is 13.2 Å². The fourth-order valence-corrected chi connectivity index (χ4v) is 5.28. The summed E-state index contributed by atoms with van der Waals surface area (Å²) in [7, 11) is 0. The molecule has 0 N–H and O–H groups in total. The smallest absolute Gasteiger partial charge is 0.406 e. The Bertz CT molecular complexity index is 1170. The summed E-state index contributed by atoms with van der Waals surface area (Å²) in [6.07, 6.45) is -5.00. The van der Waals surface area contributed by atoms with E-state index in [1.165, 1.54) is 12.1 Å². The number of ether oxygens (including phenoxy) is 1. The number of alkyl halides is 3. The van der Waals surface area contributed by atoms with Crippen LogP contribution in [0.5, 0.6) is 5.75 Å². The lowest BCUT2D eigenvalue weighted by atomic mass is 9.98. The van der Waals surface area contributed by atoms with Gasteiger partial charge in [-0.15, -0.1) is 13.2 Å². The van der Waals surface area contributed by atoms with E-state index >= 15 is 0 Å². The second-order valence-electron chi connectivity index (χ2n) is 8.32. The minimum atomic E-state index is -4.75. The molecule has 0 amide bonds. The van der Waals surface area contributed by atoms with E-state index in [2.05, 4.69) is 26.7 Å². The van der Waals surface area contributed by atoms with E-state index in [0.29, 0.717) is 5.69 Å². The first-order valence-corrected chi connectivity index (χ1v) is 10.4. The zero-order valence-electron chi connectivity index (χ0n) is 17.2. The first-order chi connectivity index (χ1) is 14.6. The summed E-state index contributed by atoms with van der Waals surface area (Å²) >= 11 is 5.07. The predicted molar refractivity (Wildman–Crippen MR) is 120 cm³/mol. The summed E-state index contributed by atoms with van der Waals surface area (Å²) in [6.45, 7) is 6.07. The van der Waals surface area contributed by atoms with Gasteiger partial charge in [0.2, 0.25) is 0 Å². The summed E-state index contributed by atoms with van der Waals surface area (Å²) < 4.78 is 42.4. The van der Waals surface area contributed by atoms with Gasteiger partial charge in [-0.3, -0.25) is 0 Å². The van der Waals surface area contributed by atoms with Crippen LogP contribution in [0.1, 0.15) is 23.6 Å². The molecule has 31 heavy (non-hydrogen) atoms. The first kappa shape index (κ1) is 20.1. The molecule has 3 aromatic carbocycles. The van der Waals surface area contributed by atoms with Gasteiger partial charge in [0.05, 0.1) is 16.1 Å². The zero-order valence-corrected chi connectivity index (χ0v) is 18.1. The van der Waals surface area contributed by atoms with E-state index in [0.717, 1.165) is 33.8 Å². The van der Waals surface area contributed by atoms with Crippen molar-refractivity contribution in [3.8, 4) is 5.75 Å². The van der Waals surface area contributed by atoms with E-state index in [4.69, 9.17) is 12.6 Å². The minimum absolute atomic E-state index is 0.240. The Hall–Kier alpha value is -2.80. The molecule has 2 heterocycles. The Morgan fingerprint density at radius 2 is 1.55 bits per heavy atom. The lowest BCUT2D eigenvalue weighted by Crippen LogP contribution is -2.45. The topological polar surface area (TPSA) is 15.7 Å². The number of fused-ring (bicyclic) bond motifs is 5. The number of benzene rings is 3. The Morgan fingerprint density at radius 3 is 2.23 bits per heavy atom. The number of nitrogens with zero attached hydrogens (tertiary/aromatic N) is 2. The normalized spacial score (nSPS) is 21.7. The van der Waals surface area contributed by atoms with Crippen molar-refractivity contribution < 1.29 is 17.9 Å². The number of rotatable bonds is 2. The highest BCUT2D eigenvalue weighted by Gasteiger charge is 2.54. The fraction of sp³-hybridized carbons (Fsp3) is 0.250. The molecule has 2 unspecified atom stereocenters. The standard InChI is InChI=1S/C24H21F3N2OS/c1-14-10-15(2)12-16(11-14)28-21-13-17(30-24(25,26)27)8-9-20(21)29-19-7-5-4-6-18(19)23(3,31)22(28)29/h4-13,22,31H,1-3H3.